The Hall–Kier alpha value is -0.420. The third-order valence-electron chi connectivity index (χ3n) is 3.12. The lowest BCUT2D eigenvalue weighted by molar-refractivity contribution is -0.178. The smallest absolute Gasteiger partial charge is 0.102 e. The summed E-state index contributed by atoms with van der Waals surface area (Å²) in [6, 6.07) is 0. The molecule has 2 aliphatic heterocycles. The molecule has 0 saturated carbocycles. The fourth-order valence-corrected chi connectivity index (χ4v) is 2.03. The maximum Gasteiger partial charge on any atom is 0.102 e. The third kappa shape index (κ3) is 2.23. The lowest BCUT2D eigenvalue weighted by Crippen LogP contribution is -2.47. The van der Waals surface area contributed by atoms with Crippen LogP contribution >= 0.6 is 0 Å². The van der Waals surface area contributed by atoms with Gasteiger partial charge in [-0.1, -0.05) is 12.2 Å². The molecule has 2 aliphatic rings. The summed E-state index contributed by atoms with van der Waals surface area (Å²) >= 11 is 0. The largest absolute Gasteiger partial charge is 0.390 e. The zero-order valence-corrected chi connectivity index (χ0v) is 9.04. The van der Waals surface area contributed by atoms with Crippen molar-refractivity contribution >= 4 is 0 Å². The summed E-state index contributed by atoms with van der Waals surface area (Å²) in [5, 5.41) is 19.3. The molecule has 0 aromatic heterocycles. The number of ether oxygens (including phenoxy) is 2. The van der Waals surface area contributed by atoms with E-state index in [1.165, 1.54) is 0 Å². The van der Waals surface area contributed by atoms with Crippen molar-refractivity contribution in [1.82, 2.24) is 0 Å². The molecule has 2 rings (SSSR count). The molecule has 0 radical (unpaired) electrons. The van der Waals surface area contributed by atoms with Crippen molar-refractivity contribution in [1.29, 1.82) is 0 Å². The van der Waals surface area contributed by atoms with Gasteiger partial charge in [-0.15, -0.1) is 0 Å². The molecule has 0 unspecified atom stereocenters. The molecule has 2 N–H and O–H groups in total. The Bertz CT molecular complexity index is 253. The number of rotatable bonds is 0. The minimum absolute atomic E-state index is 0.150. The molecule has 0 aliphatic carbocycles. The first-order valence-corrected chi connectivity index (χ1v) is 5.43. The summed E-state index contributed by atoms with van der Waals surface area (Å²) in [7, 11) is 0. The van der Waals surface area contributed by atoms with Crippen molar-refractivity contribution in [3.63, 3.8) is 0 Å². The van der Waals surface area contributed by atoms with Crippen LogP contribution in [0.3, 0.4) is 0 Å². The maximum atomic E-state index is 9.67. The van der Waals surface area contributed by atoms with Crippen molar-refractivity contribution in [3.05, 3.63) is 12.2 Å². The van der Waals surface area contributed by atoms with E-state index in [1.54, 1.807) is 6.08 Å². The highest BCUT2D eigenvalue weighted by Crippen LogP contribution is 2.27. The highest BCUT2D eigenvalue weighted by atomic mass is 16.6. The summed E-state index contributed by atoms with van der Waals surface area (Å²) in [4.78, 5) is 0. The Kier molecular flexibility index (Phi) is 3.11. The van der Waals surface area contributed by atoms with Crippen LogP contribution in [0.2, 0.25) is 0 Å². The van der Waals surface area contributed by atoms with E-state index < -0.39 is 12.2 Å². The SMILES string of the molecule is C[C@@H]1O[C@@H]2C[C@H](O)[C@@H](C)O[C@H]2C=C[C@H]1O. The molecule has 1 saturated heterocycles. The van der Waals surface area contributed by atoms with Crippen LogP contribution in [0.25, 0.3) is 0 Å². The normalized spacial score (nSPS) is 50.9. The molecule has 1 fully saturated rings. The second-order valence-electron chi connectivity index (χ2n) is 4.36. The molecule has 0 aromatic rings. The van der Waals surface area contributed by atoms with E-state index in [4.69, 9.17) is 9.47 Å². The first kappa shape index (κ1) is 11.1. The molecule has 15 heavy (non-hydrogen) atoms. The highest BCUT2D eigenvalue weighted by molar-refractivity contribution is 5.05. The Morgan fingerprint density at radius 2 is 1.80 bits per heavy atom. The number of aliphatic hydroxyl groups is 2. The van der Waals surface area contributed by atoms with Crippen LogP contribution in [0.4, 0.5) is 0 Å². The summed E-state index contributed by atoms with van der Waals surface area (Å²) in [5.41, 5.74) is 0. The molecule has 86 valence electrons. The van der Waals surface area contributed by atoms with E-state index in [0.29, 0.717) is 6.42 Å². The van der Waals surface area contributed by atoms with Crippen LogP contribution in [0.5, 0.6) is 0 Å². The zero-order chi connectivity index (χ0) is 11.0. The average molecular weight is 214 g/mol. The van der Waals surface area contributed by atoms with Crippen LogP contribution in [-0.4, -0.2) is 46.8 Å². The van der Waals surface area contributed by atoms with Crippen LogP contribution in [-0.2, 0) is 9.47 Å². The standard InChI is InChI=1S/C11H18O4/c1-6-8(12)3-4-10-11(15-6)5-9(13)7(2)14-10/h3-4,6-13H,5H2,1-2H3/t6-,7+,8+,9-,10-,11+/m0/s1. The molecule has 4 heteroatoms. The van der Waals surface area contributed by atoms with Crippen LogP contribution in [0.1, 0.15) is 20.3 Å². The highest BCUT2D eigenvalue weighted by Gasteiger charge is 2.37. The zero-order valence-electron chi connectivity index (χ0n) is 9.04. The first-order chi connectivity index (χ1) is 7.08. The van der Waals surface area contributed by atoms with E-state index in [2.05, 4.69) is 0 Å². The Morgan fingerprint density at radius 1 is 1.07 bits per heavy atom. The van der Waals surface area contributed by atoms with Crippen molar-refractivity contribution < 1.29 is 19.7 Å². The van der Waals surface area contributed by atoms with Crippen molar-refractivity contribution in [2.45, 2.75) is 56.9 Å². The molecule has 6 atom stereocenters. The lowest BCUT2D eigenvalue weighted by atomic mass is 9.99. The Balaban J connectivity index is 2.11. The van der Waals surface area contributed by atoms with E-state index in [1.807, 2.05) is 19.9 Å². The number of fused-ring (bicyclic) bond motifs is 1. The van der Waals surface area contributed by atoms with Gasteiger partial charge in [-0.05, 0) is 13.8 Å². The molecule has 0 bridgehead atoms. The predicted octanol–water partition coefficient (Wildman–Crippen LogP) is 0.229. The minimum Gasteiger partial charge on any atom is -0.390 e. The Labute approximate surface area is 89.5 Å². The van der Waals surface area contributed by atoms with E-state index in [0.717, 1.165) is 0 Å². The van der Waals surface area contributed by atoms with Crippen LogP contribution in [0.15, 0.2) is 12.2 Å². The van der Waals surface area contributed by atoms with E-state index >= 15 is 0 Å². The predicted molar refractivity (Wildman–Crippen MR) is 54.4 cm³/mol. The first-order valence-electron chi connectivity index (χ1n) is 5.43. The summed E-state index contributed by atoms with van der Waals surface area (Å²) in [6.07, 6.45) is 2.30. The number of aliphatic hydroxyl groups excluding tert-OH is 2. The second kappa shape index (κ2) is 4.22. The molecule has 2 heterocycles. The minimum atomic E-state index is -0.591. The number of hydrogen-bond donors (Lipinski definition) is 2. The molecule has 0 spiro atoms. The van der Waals surface area contributed by atoms with Gasteiger partial charge in [0, 0.05) is 6.42 Å². The van der Waals surface area contributed by atoms with Crippen molar-refractivity contribution in [2.75, 3.05) is 0 Å². The van der Waals surface area contributed by atoms with Gasteiger partial charge in [-0.2, -0.15) is 0 Å². The molecule has 0 aromatic carbocycles. The average Bonchev–Trinajstić information content (AvgIpc) is 2.31. The summed E-state index contributed by atoms with van der Waals surface area (Å²) < 4.78 is 11.3. The van der Waals surface area contributed by atoms with Crippen molar-refractivity contribution in [2.24, 2.45) is 0 Å². The summed E-state index contributed by atoms with van der Waals surface area (Å²) in [6.45, 7) is 3.67. The van der Waals surface area contributed by atoms with Gasteiger partial charge in [-0.3, -0.25) is 0 Å². The second-order valence-corrected chi connectivity index (χ2v) is 4.36. The van der Waals surface area contributed by atoms with E-state index in [-0.39, 0.29) is 24.4 Å². The van der Waals surface area contributed by atoms with Gasteiger partial charge >= 0.3 is 0 Å². The number of hydrogen-bond acceptors (Lipinski definition) is 4. The third-order valence-corrected chi connectivity index (χ3v) is 3.12. The van der Waals surface area contributed by atoms with Gasteiger partial charge in [0.15, 0.2) is 0 Å². The Morgan fingerprint density at radius 3 is 2.53 bits per heavy atom. The molecule has 0 amide bonds. The van der Waals surface area contributed by atoms with Crippen molar-refractivity contribution in [3.8, 4) is 0 Å². The fraction of sp³-hybridized carbons (Fsp3) is 0.818. The maximum absolute atomic E-state index is 9.67. The van der Waals surface area contributed by atoms with Crippen LogP contribution in [0, 0.1) is 0 Å². The topological polar surface area (TPSA) is 58.9 Å². The molecular formula is C11H18O4. The van der Waals surface area contributed by atoms with E-state index in [9.17, 15) is 10.2 Å². The van der Waals surface area contributed by atoms with Gasteiger partial charge in [0.1, 0.15) is 6.10 Å². The van der Waals surface area contributed by atoms with Gasteiger partial charge in [0.2, 0.25) is 0 Å². The van der Waals surface area contributed by atoms with Gasteiger partial charge in [0.25, 0.3) is 0 Å². The fourth-order valence-electron chi connectivity index (χ4n) is 2.03. The van der Waals surface area contributed by atoms with Crippen LogP contribution < -0.4 is 0 Å². The lowest BCUT2D eigenvalue weighted by Gasteiger charge is -2.37. The van der Waals surface area contributed by atoms with Gasteiger partial charge < -0.3 is 19.7 Å². The molecular weight excluding hydrogens is 196 g/mol. The summed E-state index contributed by atoms with van der Waals surface area (Å²) in [5.74, 6) is 0. The molecule has 4 nitrogen and oxygen atoms in total. The van der Waals surface area contributed by atoms with Gasteiger partial charge in [-0.25, -0.2) is 0 Å². The van der Waals surface area contributed by atoms with Gasteiger partial charge in [0.05, 0.1) is 30.5 Å². The monoisotopic (exact) mass is 214 g/mol. The quantitative estimate of drug-likeness (QED) is 0.567.